The fourth-order valence-corrected chi connectivity index (χ4v) is 2.54. The van der Waals surface area contributed by atoms with Gasteiger partial charge in [0.1, 0.15) is 0 Å². The summed E-state index contributed by atoms with van der Waals surface area (Å²) in [4.78, 5) is 26.5. The first kappa shape index (κ1) is 14.3. The molecule has 1 heterocycles. The molecule has 98 valence electrons. The van der Waals surface area contributed by atoms with E-state index < -0.39 is 0 Å². The number of rotatable bonds is 4. The van der Waals surface area contributed by atoms with Gasteiger partial charge in [-0.3, -0.25) is 9.59 Å². The van der Waals surface area contributed by atoms with Crippen molar-refractivity contribution in [3.05, 3.63) is 0 Å². The lowest BCUT2D eigenvalue weighted by atomic mass is 10.3. The van der Waals surface area contributed by atoms with Crippen LogP contribution < -0.4 is 5.73 Å². The van der Waals surface area contributed by atoms with Crippen LogP contribution in [0.5, 0.6) is 0 Å². The first-order valence-corrected chi connectivity index (χ1v) is 7.02. The van der Waals surface area contributed by atoms with Gasteiger partial charge in [-0.1, -0.05) is 0 Å². The zero-order valence-electron chi connectivity index (χ0n) is 10.5. The minimum absolute atomic E-state index is 0.0865. The molecule has 2 N–H and O–H groups in total. The summed E-state index contributed by atoms with van der Waals surface area (Å²) < 4.78 is 0. The summed E-state index contributed by atoms with van der Waals surface area (Å²) in [5.41, 5.74) is 5.62. The van der Waals surface area contributed by atoms with Crippen LogP contribution in [0.4, 0.5) is 0 Å². The number of thioether (sulfide) groups is 1. The van der Waals surface area contributed by atoms with Gasteiger partial charge in [0.15, 0.2) is 0 Å². The van der Waals surface area contributed by atoms with Crippen LogP contribution >= 0.6 is 11.8 Å². The Balaban J connectivity index is 2.24. The molecule has 2 amide bonds. The van der Waals surface area contributed by atoms with Gasteiger partial charge in [0, 0.05) is 44.9 Å². The first-order chi connectivity index (χ1) is 8.00. The molecule has 1 aliphatic rings. The predicted molar refractivity (Wildman–Crippen MR) is 69.8 cm³/mol. The van der Waals surface area contributed by atoms with E-state index in [2.05, 4.69) is 0 Å². The molecular weight excluding hydrogens is 238 g/mol. The van der Waals surface area contributed by atoms with E-state index in [4.69, 9.17) is 5.73 Å². The Morgan fingerprint density at radius 3 is 2.24 bits per heavy atom. The number of hydrogen-bond acceptors (Lipinski definition) is 4. The highest BCUT2D eigenvalue weighted by atomic mass is 32.2. The Hall–Kier alpha value is -0.750. The molecule has 17 heavy (non-hydrogen) atoms. The largest absolute Gasteiger partial charge is 0.339 e. The molecule has 0 bridgehead atoms. The molecule has 0 spiro atoms. The zero-order valence-corrected chi connectivity index (χ0v) is 11.3. The monoisotopic (exact) mass is 259 g/mol. The van der Waals surface area contributed by atoms with Crippen LogP contribution in [0, 0.1) is 0 Å². The van der Waals surface area contributed by atoms with Crippen molar-refractivity contribution >= 4 is 23.6 Å². The molecular formula is C11H21N3O2S. The third kappa shape index (κ3) is 4.95. The van der Waals surface area contributed by atoms with E-state index in [1.165, 1.54) is 0 Å². The van der Waals surface area contributed by atoms with E-state index in [0.717, 1.165) is 5.75 Å². The summed E-state index contributed by atoms with van der Waals surface area (Å²) in [6, 6.07) is 0.127. The number of carbonyl (C=O) groups is 2. The Kier molecular flexibility index (Phi) is 5.77. The molecule has 1 rings (SSSR count). The Bertz CT molecular complexity index is 276. The highest BCUT2D eigenvalue weighted by molar-refractivity contribution is 7.99. The van der Waals surface area contributed by atoms with E-state index in [9.17, 15) is 9.59 Å². The van der Waals surface area contributed by atoms with Gasteiger partial charge in [0.2, 0.25) is 11.8 Å². The number of nitrogens with two attached hydrogens (primary N) is 1. The minimum atomic E-state index is 0.0865. The van der Waals surface area contributed by atoms with Crippen LogP contribution in [-0.2, 0) is 9.59 Å². The molecule has 1 atom stereocenters. The molecule has 0 radical (unpaired) electrons. The highest BCUT2D eigenvalue weighted by Gasteiger charge is 2.21. The van der Waals surface area contributed by atoms with Crippen molar-refractivity contribution in [2.45, 2.75) is 19.9 Å². The Morgan fingerprint density at radius 2 is 1.76 bits per heavy atom. The van der Waals surface area contributed by atoms with Crippen molar-refractivity contribution < 1.29 is 9.59 Å². The number of hydrogen-bond donors (Lipinski definition) is 1. The van der Waals surface area contributed by atoms with Gasteiger partial charge in [-0.05, 0) is 6.92 Å². The number of carbonyl (C=O) groups excluding carboxylic acids is 2. The Labute approximate surface area is 107 Å². The van der Waals surface area contributed by atoms with E-state index in [1.807, 2.05) is 11.8 Å². The van der Waals surface area contributed by atoms with Gasteiger partial charge in [-0.25, -0.2) is 0 Å². The SMILES string of the molecule is CC(=O)N1CCN(C(=O)CSCC(C)N)CC1. The topological polar surface area (TPSA) is 66.6 Å². The molecule has 0 aromatic heterocycles. The van der Waals surface area contributed by atoms with E-state index >= 15 is 0 Å². The van der Waals surface area contributed by atoms with Crippen LogP contribution in [0.3, 0.4) is 0 Å². The maximum absolute atomic E-state index is 11.8. The number of amides is 2. The van der Waals surface area contributed by atoms with Crippen LogP contribution in [0.15, 0.2) is 0 Å². The number of nitrogens with zero attached hydrogens (tertiary/aromatic N) is 2. The third-order valence-corrected chi connectivity index (χ3v) is 3.90. The van der Waals surface area contributed by atoms with Crippen molar-refractivity contribution in [3.8, 4) is 0 Å². The van der Waals surface area contributed by atoms with Crippen LogP contribution in [0.25, 0.3) is 0 Å². The van der Waals surface area contributed by atoms with Crippen LogP contribution in [0.1, 0.15) is 13.8 Å². The lowest BCUT2D eigenvalue weighted by Crippen LogP contribution is -2.50. The molecule has 0 aromatic carbocycles. The maximum Gasteiger partial charge on any atom is 0.232 e. The van der Waals surface area contributed by atoms with Gasteiger partial charge in [-0.15, -0.1) is 0 Å². The van der Waals surface area contributed by atoms with Crippen LogP contribution in [-0.4, -0.2) is 65.3 Å². The molecule has 1 unspecified atom stereocenters. The summed E-state index contributed by atoms with van der Waals surface area (Å²) in [5.74, 6) is 1.53. The van der Waals surface area contributed by atoms with E-state index in [-0.39, 0.29) is 17.9 Å². The summed E-state index contributed by atoms with van der Waals surface area (Å²) >= 11 is 1.57. The van der Waals surface area contributed by atoms with E-state index in [1.54, 1.807) is 23.6 Å². The second-order valence-corrected chi connectivity index (χ2v) is 5.41. The van der Waals surface area contributed by atoms with Crippen molar-refractivity contribution in [1.82, 2.24) is 9.80 Å². The van der Waals surface area contributed by atoms with Crippen molar-refractivity contribution in [2.24, 2.45) is 5.73 Å². The summed E-state index contributed by atoms with van der Waals surface area (Å²) in [6.45, 7) is 6.10. The molecule has 0 aromatic rings. The average Bonchev–Trinajstić information content (AvgIpc) is 2.28. The molecule has 1 aliphatic heterocycles. The summed E-state index contributed by atoms with van der Waals surface area (Å²) in [5, 5.41) is 0. The van der Waals surface area contributed by atoms with Crippen LogP contribution in [0.2, 0.25) is 0 Å². The van der Waals surface area contributed by atoms with Crippen molar-refractivity contribution in [1.29, 1.82) is 0 Å². The maximum atomic E-state index is 11.8. The first-order valence-electron chi connectivity index (χ1n) is 5.87. The normalized spacial score (nSPS) is 18.1. The standard InChI is InChI=1S/C11H21N3O2S/c1-9(12)7-17-8-11(16)14-5-3-13(4-6-14)10(2)15/h9H,3-8,12H2,1-2H3. The highest BCUT2D eigenvalue weighted by Crippen LogP contribution is 2.07. The second kappa shape index (κ2) is 6.86. The van der Waals surface area contributed by atoms with Gasteiger partial charge in [0.25, 0.3) is 0 Å². The Morgan fingerprint density at radius 1 is 1.24 bits per heavy atom. The number of piperazine rings is 1. The average molecular weight is 259 g/mol. The lowest BCUT2D eigenvalue weighted by Gasteiger charge is -2.34. The van der Waals surface area contributed by atoms with Gasteiger partial charge < -0.3 is 15.5 Å². The predicted octanol–water partition coefficient (Wildman–Crippen LogP) is -0.242. The molecule has 6 heteroatoms. The lowest BCUT2D eigenvalue weighted by molar-refractivity contribution is -0.136. The van der Waals surface area contributed by atoms with Crippen molar-refractivity contribution in [2.75, 3.05) is 37.7 Å². The fourth-order valence-electron chi connectivity index (χ4n) is 1.69. The molecule has 1 fully saturated rings. The van der Waals surface area contributed by atoms with Crippen molar-refractivity contribution in [3.63, 3.8) is 0 Å². The molecule has 1 saturated heterocycles. The molecule has 0 aliphatic carbocycles. The van der Waals surface area contributed by atoms with Gasteiger partial charge in [0.05, 0.1) is 5.75 Å². The minimum Gasteiger partial charge on any atom is -0.339 e. The summed E-state index contributed by atoms with van der Waals surface area (Å²) in [7, 11) is 0. The molecule has 0 saturated carbocycles. The fraction of sp³-hybridized carbons (Fsp3) is 0.818. The quantitative estimate of drug-likeness (QED) is 0.756. The third-order valence-electron chi connectivity index (χ3n) is 2.68. The zero-order chi connectivity index (χ0) is 12.8. The van der Waals surface area contributed by atoms with Gasteiger partial charge in [-0.2, -0.15) is 11.8 Å². The molecule has 5 nitrogen and oxygen atoms in total. The second-order valence-electron chi connectivity index (χ2n) is 4.38. The smallest absolute Gasteiger partial charge is 0.232 e. The van der Waals surface area contributed by atoms with E-state index in [0.29, 0.717) is 31.9 Å². The summed E-state index contributed by atoms with van der Waals surface area (Å²) in [6.07, 6.45) is 0. The van der Waals surface area contributed by atoms with Gasteiger partial charge >= 0.3 is 0 Å².